The van der Waals surface area contributed by atoms with E-state index in [9.17, 15) is 19.2 Å². The summed E-state index contributed by atoms with van der Waals surface area (Å²) in [5.74, 6) is 4.78. The van der Waals surface area contributed by atoms with E-state index in [0.717, 1.165) is 114 Å². The smallest absolute Gasteiger partial charge is 0.220 e. The summed E-state index contributed by atoms with van der Waals surface area (Å²) in [5.41, 5.74) is 0. The predicted molar refractivity (Wildman–Crippen MR) is 400 cm³/mol. The molecule has 0 aromatic heterocycles. The van der Waals surface area contributed by atoms with Crippen LogP contribution in [-0.4, -0.2) is 41.6 Å². The van der Waals surface area contributed by atoms with Gasteiger partial charge >= 0.3 is 0 Å². The Bertz CT molecular complexity index is 1560. The maximum atomic E-state index is 13.5. The van der Waals surface area contributed by atoms with Gasteiger partial charge in [-0.3, -0.25) is 19.2 Å². The van der Waals surface area contributed by atoms with E-state index in [1.165, 1.54) is 321 Å². The Morgan fingerprint density at radius 2 is 0.457 bits per heavy atom. The molecule has 4 unspecified atom stereocenters. The van der Waals surface area contributed by atoms with Crippen molar-refractivity contribution in [3.8, 4) is 0 Å². The molecule has 3 aliphatic rings. The molecule has 7 heteroatoms. The van der Waals surface area contributed by atoms with Crippen molar-refractivity contribution in [3.63, 3.8) is 0 Å². The van der Waals surface area contributed by atoms with Crippen molar-refractivity contribution < 1.29 is 19.2 Å². The molecule has 3 rings (SSSR count). The van der Waals surface area contributed by atoms with E-state index < -0.39 is 0 Å². The van der Waals surface area contributed by atoms with Crippen molar-refractivity contribution in [2.45, 2.75) is 489 Å². The highest BCUT2D eigenvalue weighted by Gasteiger charge is 2.36. The molecule has 0 saturated heterocycles. The second-order valence-corrected chi connectivity index (χ2v) is 31.5. The summed E-state index contributed by atoms with van der Waals surface area (Å²) in [4.78, 5) is 53.2. The zero-order valence-corrected chi connectivity index (χ0v) is 62.5. The third kappa shape index (κ3) is 46.3. The standard InChI is InChI=1S/C85H161N3O4/c1-5-9-13-17-21-23-25-27-29-31-33-35-37-41-52-68-83(90)86-80-65-56-55-63-78(80)73-79(89)64-51-45-43-49-61-76-71-74(59-47-39-19-15-11-7-3)75(60-48-40-20-16-12-8-4)72-77(76)62-50-44-46-54-70-85(92)88-82-67-58-57-66-81(82)87-84(91)69-53-42-38-36-34-32-30-28-26-24-22-18-14-10-6-2/h74-78,80-82H,5-73H2,1-4H3,(H,86,90)(H,87,91)(H,88,92)/t74?,75?,76?,77?,78-,80-,81+,82-/m0/s1. The Kier molecular flexibility index (Phi) is 56.3. The topological polar surface area (TPSA) is 104 Å². The normalized spacial score (nSPS) is 21.0. The van der Waals surface area contributed by atoms with Gasteiger partial charge < -0.3 is 16.0 Å². The van der Waals surface area contributed by atoms with Crippen LogP contribution in [0, 0.1) is 29.6 Å². The van der Waals surface area contributed by atoms with E-state index in [1.807, 2.05) is 0 Å². The minimum absolute atomic E-state index is 0.0698. The fourth-order valence-electron chi connectivity index (χ4n) is 17.1. The van der Waals surface area contributed by atoms with Gasteiger partial charge in [-0.05, 0) is 93.8 Å². The van der Waals surface area contributed by atoms with E-state index in [-0.39, 0.29) is 35.8 Å². The third-order valence-corrected chi connectivity index (χ3v) is 23.1. The fraction of sp³-hybridized carbons (Fsp3) is 0.953. The van der Waals surface area contributed by atoms with Gasteiger partial charge in [0.2, 0.25) is 17.7 Å². The molecule has 7 nitrogen and oxygen atoms in total. The van der Waals surface area contributed by atoms with Gasteiger partial charge in [0.05, 0.1) is 0 Å². The second-order valence-electron chi connectivity index (χ2n) is 31.5. The predicted octanol–water partition coefficient (Wildman–Crippen LogP) is 26.1. The van der Waals surface area contributed by atoms with Gasteiger partial charge in [0.25, 0.3) is 0 Å². The van der Waals surface area contributed by atoms with Crippen LogP contribution < -0.4 is 16.0 Å². The average molecular weight is 1290 g/mol. The highest BCUT2D eigenvalue weighted by Crippen LogP contribution is 2.47. The van der Waals surface area contributed by atoms with Crippen LogP contribution in [0.1, 0.15) is 471 Å². The quantitative estimate of drug-likeness (QED) is 0.0528. The number of Topliss-reactive ketones (excluding diaryl/α,β-unsaturated/α-hetero) is 1. The number of hydrogen-bond donors (Lipinski definition) is 3. The lowest BCUT2D eigenvalue weighted by Crippen LogP contribution is -2.53. The number of carbonyl (C=O) groups is 4. The lowest BCUT2D eigenvalue weighted by Gasteiger charge is -2.42. The van der Waals surface area contributed by atoms with E-state index in [4.69, 9.17) is 0 Å². The van der Waals surface area contributed by atoms with Crippen molar-refractivity contribution in [1.82, 2.24) is 16.0 Å². The molecule has 8 atom stereocenters. The minimum Gasteiger partial charge on any atom is -0.353 e. The molecule has 3 aliphatic carbocycles. The summed E-state index contributed by atoms with van der Waals surface area (Å²) in [6.07, 6.45) is 86.6. The number of amides is 3. The molecule has 0 aliphatic heterocycles. The van der Waals surface area contributed by atoms with E-state index in [2.05, 4.69) is 43.6 Å². The Balaban J connectivity index is 1.38. The van der Waals surface area contributed by atoms with Gasteiger partial charge in [-0.15, -0.1) is 0 Å². The minimum atomic E-state index is 0.0698. The Labute approximate surface area is 574 Å². The molecule has 0 heterocycles. The second kappa shape index (κ2) is 61.4. The Morgan fingerprint density at radius 1 is 0.239 bits per heavy atom. The molecular formula is C85H161N3O4. The van der Waals surface area contributed by atoms with Crippen molar-refractivity contribution in [2.24, 2.45) is 29.6 Å². The number of carbonyl (C=O) groups excluding carboxylic acids is 4. The summed E-state index contributed by atoms with van der Waals surface area (Å²) < 4.78 is 0. The Hall–Kier alpha value is -1.92. The van der Waals surface area contributed by atoms with Gasteiger partial charge in [-0.25, -0.2) is 0 Å². The monoisotopic (exact) mass is 1290 g/mol. The molecule has 3 fully saturated rings. The molecule has 92 heavy (non-hydrogen) atoms. The van der Waals surface area contributed by atoms with E-state index in [1.54, 1.807) is 0 Å². The SMILES string of the molecule is CCCCCCCCCCCCCCCCCC(=O)N[C@H]1CCCC[C@H]1CC(=O)CCCCCCC1CC(CCCCCCCC)C(CCCCCCCC)CC1CCCCCCC(=O)N[C@H]1CCCC[C@H]1NC(=O)CCCCCCCCCCCCCCCCC. The van der Waals surface area contributed by atoms with E-state index in [0.29, 0.717) is 43.8 Å². The van der Waals surface area contributed by atoms with Crippen LogP contribution in [-0.2, 0) is 19.2 Å². The molecule has 540 valence electrons. The number of rotatable bonds is 65. The molecular weight excluding hydrogens is 1130 g/mol. The summed E-state index contributed by atoms with van der Waals surface area (Å²) in [6.45, 7) is 9.26. The van der Waals surface area contributed by atoms with Crippen molar-refractivity contribution in [2.75, 3.05) is 0 Å². The van der Waals surface area contributed by atoms with Gasteiger partial charge in [0.1, 0.15) is 5.78 Å². The first-order valence-electron chi connectivity index (χ1n) is 42.7. The first-order valence-corrected chi connectivity index (χ1v) is 42.7. The van der Waals surface area contributed by atoms with Gasteiger partial charge in [-0.1, -0.05) is 374 Å². The number of nitrogens with one attached hydrogen (secondary N) is 3. The van der Waals surface area contributed by atoms with Gasteiger partial charge in [0, 0.05) is 50.2 Å². The Morgan fingerprint density at radius 3 is 0.739 bits per heavy atom. The molecule has 0 aromatic rings. The van der Waals surface area contributed by atoms with Crippen LogP contribution in [0.3, 0.4) is 0 Å². The summed E-state index contributed by atoms with van der Waals surface area (Å²) in [7, 11) is 0. The van der Waals surface area contributed by atoms with E-state index >= 15 is 0 Å². The van der Waals surface area contributed by atoms with Crippen LogP contribution in [0.5, 0.6) is 0 Å². The molecule has 3 N–H and O–H groups in total. The van der Waals surface area contributed by atoms with Crippen LogP contribution in [0.25, 0.3) is 0 Å². The molecule has 3 saturated carbocycles. The number of hydrogen-bond acceptors (Lipinski definition) is 4. The van der Waals surface area contributed by atoms with Crippen molar-refractivity contribution in [1.29, 1.82) is 0 Å². The largest absolute Gasteiger partial charge is 0.353 e. The maximum Gasteiger partial charge on any atom is 0.220 e. The average Bonchev–Trinajstić information content (AvgIpc) is 0.984. The molecule has 0 spiro atoms. The fourth-order valence-corrected chi connectivity index (χ4v) is 17.1. The zero-order chi connectivity index (χ0) is 65.8. The van der Waals surface area contributed by atoms with Crippen molar-refractivity contribution in [3.05, 3.63) is 0 Å². The van der Waals surface area contributed by atoms with Gasteiger partial charge in [0.15, 0.2) is 0 Å². The van der Waals surface area contributed by atoms with Crippen LogP contribution in [0.15, 0.2) is 0 Å². The lowest BCUT2D eigenvalue weighted by molar-refractivity contribution is -0.125. The first kappa shape index (κ1) is 84.3. The molecule has 0 bridgehead atoms. The molecule has 0 aromatic carbocycles. The maximum absolute atomic E-state index is 13.5. The highest BCUT2D eigenvalue weighted by molar-refractivity contribution is 5.79. The van der Waals surface area contributed by atoms with Crippen LogP contribution in [0.4, 0.5) is 0 Å². The van der Waals surface area contributed by atoms with Gasteiger partial charge in [-0.2, -0.15) is 0 Å². The van der Waals surface area contributed by atoms with Crippen LogP contribution >= 0.6 is 0 Å². The molecule has 3 amide bonds. The van der Waals surface area contributed by atoms with Crippen LogP contribution in [0.2, 0.25) is 0 Å². The summed E-state index contributed by atoms with van der Waals surface area (Å²) >= 11 is 0. The number of unbranched alkanes of at least 4 members (excludes halogenated alkanes) is 44. The zero-order valence-electron chi connectivity index (χ0n) is 62.5. The third-order valence-electron chi connectivity index (χ3n) is 23.1. The first-order chi connectivity index (χ1) is 45.3. The highest BCUT2D eigenvalue weighted by atomic mass is 16.2. The number of ketones is 1. The summed E-state index contributed by atoms with van der Waals surface area (Å²) in [6, 6.07) is 0.326. The van der Waals surface area contributed by atoms with Crippen molar-refractivity contribution >= 4 is 23.5 Å². The summed E-state index contributed by atoms with van der Waals surface area (Å²) in [5, 5.41) is 10.2. The lowest BCUT2D eigenvalue weighted by atomic mass is 9.63. The molecule has 0 radical (unpaired) electrons.